The Morgan fingerprint density at radius 3 is 2.40 bits per heavy atom. The summed E-state index contributed by atoms with van der Waals surface area (Å²) in [7, 11) is 2.10. The van der Waals surface area contributed by atoms with Crippen molar-refractivity contribution in [1.29, 1.82) is 0 Å². The molecular weight excluding hydrogens is 254 g/mol. The predicted octanol–water partition coefficient (Wildman–Crippen LogP) is 2.79. The quantitative estimate of drug-likeness (QED) is 0.459. The molecule has 0 fully saturated rings. The molecule has 0 saturated heterocycles. The molecule has 0 bridgehead atoms. The van der Waals surface area contributed by atoms with E-state index in [9.17, 15) is 15.0 Å². The number of aromatic hydroxyl groups is 2. The van der Waals surface area contributed by atoms with Gasteiger partial charge < -0.3 is 14.7 Å². The molecule has 0 aromatic heterocycles. The Morgan fingerprint density at radius 1 is 1.25 bits per heavy atom. The smallest absolute Gasteiger partial charge is 0.217 e. The summed E-state index contributed by atoms with van der Waals surface area (Å²) in [6.07, 6.45) is 1.03. The van der Waals surface area contributed by atoms with Gasteiger partial charge in [0.15, 0.2) is 11.5 Å². The minimum Gasteiger partial charge on any atom is -0.504 e. The number of hydrogen-bond donors (Lipinski definition) is 2. The van der Waals surface area contributed by atoms with E-state index in [4.69, 9.17) is 0 Å². The second-order valence-corrected chi connectivity index (χ2v) is 6.20. The standard InChI is InChI=1S/C16H25NO3/c1-5-8-17(4,10-12(2)3)11-16(20)13-6-7-14(18)15(19)9-13/h6-7,9,12H,5,8,10-11H2,1-4H3,(H-,18,19,20)/p+1. The summed E-state index contributed by atoms with van der Waals surface area (Å²) < 4.78 is 0.703. The van der Waals surface area contributed by atoms with Crippen LogP contribution in [0.25, 0.3) is 0 Å². The van der Waals surface area contributed by atoms with Gasteiger partial charge in [-0.3, -0.25) is 4.79 Å². The van der Waals surface area contributed by atoms with E-state index >= 15 is 0 Å². The zero-order valence-electron chi connectivity index (χ0n) is 12.9. The number of likely N-dealkylation sites (N-methyl/N-ethyl adjacent to an activating group) is 1. The van der Waals surface area contributed by atoms with Crippen LogP contribution in [0.4, 0.5) is 0 Å². The molecule has 1 atom stereocenters. The maximum absolute atomic E-state index is 12.4. The monoisotopic (exact) mass is 280 g/mol. The molecule has 1 rings (SSSR count). The lowest BCUT2D eigenvalue weighted by Crippen LogP contribution is -2.50. The van der Waals surface area contributed by atoms with Crippen molar-refractivity contribution in [2.24, 2.45) is 5.92 Å². The number of quaternary nitrogens is 1. The van der Waals surface area contributed by atoms with Gasteiger partial charge in [-0.2, -0.15) is 0 Å². The van der Waals surface area contributed by atoms with Crippen LogP contribution < -0.4 is 0 Å². The van der Waals surface area contributed by atoms with Crippen molar-refractivity contribution in [1.82, 2.24) is 0 Å². The third-order valence-corrected chi connectivity index (χ3v) is 3.39. The summed E-state index contributed by atoms with van der Waals surface area (Å²) in [4.78, 5) is 12.4. The van der Waals surface area contributed by atoms with Crippen molar-refractivity contribution in [3.63, 3.8) is 0 Å². The molecule has 112 valence electrons. The molecule has 0 spiro atoms. The van der Waals surface area contributed by atoms with E-state index in [1.807, 2.05) is 0 Å². The number of benzene rings is 1. The van der Waals surface area contributed by atoms with Gasteiger partial charge in [0, 0.05) is 11.5 Å². The second kappa shape index (κ2) is 6.75. The van der Waals surface area contributed by atoms with E-state index in [2.05, 4.69) is 27.8 Å². The minimum atomic E-state index is -0.246. The van der Waals surface area contributed by atoms with E-state index in [0.717, 1.165) is 19.5 Å². The Hall–Kier alpha value is -1.55. The van der Waals surface area contributed by atoms with Crippen LogP contribution in [0.1, 0.15) is 37.6 Å². The average Bonchev–Trinajstić information content (AvgIpc) is 2.31. The summed E-state index contributed by atoms with van der Waals surface area (Å²) in [5.41, 5.74) is 0.449. The highest BCUT2D eigenvalue weighted by atomic mass is 16.3. The van der Waals surface area contributed by atoms with E-state index in [-0.39, 0.29) is 17.3 Å². The fourth-order valence-corrected chi connectivity index (χ4v) is 2.79. The van der Waals surface area contributed by atoms with Crippen LogP contribution in [0.3, 0.4) is 0 Å². The third-order valence-electron chi connectivity index (χ3n) is 3.39. The van der Waals surface area contributed by atoms with Crippen molar-refractivity contribution in [3.05, 3.63) is 23.8 Å². The average molecular weight is 280 g/mol. The fraction of sp³-hybridized carbons (Fsp3) is 0.562. The van der Waals surface area contributed by atoms with Gasteiger partial charge in [0.2, 0.25) is 5.78 Å². The maximum Gasteiger partial charge on any atom is 0.217 e. The summed E-state index contributed by atoms with van der Waals surface area (Å²) >= 11 is 0. The molecule has 1 unspecified atom stereocenters. The molecule has 0 heterocycles. The first-order valence-electron chi connectivity index (χ1n) is 7.16. The third kappa shape index (κ3) is 4.53. The van der Waals surface area contributed by atoms with E-state index in [1.165, 1.54) is 12.1 Å². The molecule has 0 aliphatic heterocycles. The largest absolute Gasteiger partial charge is 0.504 e. The van der Waals surface area contributed by atoms with E-state index in [0.29, 0.717) is 22.5 Å². The van der Waals surface area contributed by atoms with Crippen LogP contribution in [-0.4, -0.2) is 47.2 Å². The van der Waals surface area contributed by atoms with Gasteiger partial charge in [-0.15, -0.1) is 0 Å². The van der Waals surface area contributed by atoms with Crippen molar-refractivity contribution in [2.75, 3.05) is 26.7 Å². The number of carbonyl (C=O) groups is 1. The van der Waals surface area contributed by atoms with Gasteiger partial charge in [0.1, 0.15) is 6.54 Å². The first-order chi connectivity index (χ1) is 9.27. The number of carbonyl (C=O) groups excluding carboxylic acids is 1. The molecule has 0 saturated carbocycles. The molecule has 1 aromatic rings. The fourth-order valence-electron chi connectivity index (χ4n) is 2.79. The molecule has 1 aromatic carbocycles. The Bertz CT molecular complexity index is 471. The Morgan fingerprint density at radius 2 is 1.90 bits per heavy atom. The highest BCUT2D eigenvalue weighted by Crippen LogP contribution is 2.25. The van der Waals surface area contributed by atoms with Crippen LogP contribution in [-0.2, 0) is 0 Å². The van der Waals surface area contributed by atoms with Gasteiger partial charge in [-0.1, -0.05) is 20.8 Å². The first-order valence-corrected chi connectivity index (χ1v) is 7.16. The number of ketones is 1. The highest BCUT2D eigenvalue weighted by Gasteiger charge is 2.26. The predicted molar refractivity (Wildman–Crippen MR) is 80.0 cm³/mol. The summed E-state index contributed by atoms with van der Waals surface area (Å²) in [6, 6.07) is 4.25. The SMILES string of the molecule is CCC[N+](C)(CC(=O)c1ccc(O)c(O)c1)CC(C)C. The number of phenols is 2. The van der Waals surface area contributed by atoms with E-state index < -0.39 is 0 Å². The van der Waals surface area contributed by atoms with Crippen molar-refractivity contribution >= 4 is 5.78 Å². The molecule has 0 amide bonds. The van der Waals surface area contributed by atoms with Crippen LogP contribution in [0.5, 0.6) is 11.5 Å². The Labute approximate surface area is 121 Å². The second-order valence-electron chi connectivity index (χ2n) is 6.20. The maximum atomic E-state index is 12.4. The number of Topliss-reactive ketones (excluding diaryl/α,β-unsaturated/α-hetero) is 1. The molecule has 4 nitrogen and oxygen atoms in total. The topological polar surface area (TPSA) is 57.5 Å². The van der Waals surface area contributed by atoms with Gasteiger partial charge in [0.25, 0.3) is 0 Å². The zero-order chi connectivity index (χ0) is 15.3. The molecule has 4 heteroatoms. The van der Waals surface area contributed by atoms with Gasteiger partial charge in [-0.25, -0.2) is 0 Å². The van der Waals surface area contributed by atoms with Crippen LogP contribution in [0, 0.1) is 5.92 Å². The molecule has 2 N–H and O–H groups in total. The molecule has 0 radical (unpaired) electrons. The summed E-state index contributed by atoms with van der Waals surface area (Å²) in [6.45, 7) is 8.74. The number of hydrogen-bond acceptors (Lipinski definition) is 3. The van der Waals surface area contributed by atoms with Crippen molar-refractivity contribution in [2.45, 2.75) is 27.2 Å². The van der Waals surface area contributed by atoms with Gasteiger partial charge >= 0.3 is 0 Å². The summed E-state index contributed by atoms with van der Waals surface area (Å²) in [5, 5.41) is 18.8. The Kier molecular flexibility index (Phi) is 5.57. The highest BCUT2D eigenvalue weighted by molar-refractivity contribution is 5.97. The van der Waals surface area contributed by atoms with Gasteiger partial charge in [-0.05, 0) is 24.6 Å². The van der Waals surface area contributed by atoms with Crippen LogP contribution in [0.15, 0.2) is 18.2 Å². The Balaban J connectivity index is 2.87. The lowest BCUT2D eigenvalue weighted by Gasteiger charge is -2.35. The molecule has 0 aliphatic rings. The number of nitrogens with zero attached hydrogens (tertiary/aromatic N) is 1. The van der Waals surface area contributed by atoms with Crippen molar-refractivity contribution in [3.8, 4) is 11.5 Å². The van der Waals surface area contributed by atoms with Gasteiger partial charge in [0.05, 0.1) is 20.1 Å². The number of rotatable bonds is 7. The van der Waals surface area contributed by atoms with Crippen LogP contribution in [0.2, 0.25) is 0 Å². The first kappa shape index (κ1) is 16.5. The van der Waals surface area contributed by atoms with Crippen LogP contribution >= 0.6 is 0 Å². The van der Waals surface area contributed by atoms with Crippen molar-refractivity contribution < 1.29 is 19.5 Å². The minimum absolute atomic E-state index is 0.00287. The lowest BCUT2D eigenvalue weighted by molar-refractivity contribution is -0.904. The normalized spacial score (nSPS) is 14.2. The van der Waals surface area contributed by atoms with E-state index in [1.54, 1.807) is 6.07 Å². The molecule has 20 heavy (non-hydrogen) atoms. The lowest BCUT2D eigenvalue weighted by atomic mass is 10.1. The number of phenolic OH excluding ortho intramolecular Hbond substituents is 2. The molecule has 0 aliphatic carbocycles. The summed E-state index contributed by atoms with van der Waals surface area (Å²) in [5.74, 6) is 0.0726. The molecular formula is C16H26NO3+. The zero-order valence-corrected chi connectivity index (χ0v) is 12.9.